The van der Waals surface area contributed by atoms with E-state index in [1.165, 1.54) is 11.1 Å². The van der Waals surface area contributed by atoms with Gasteiger partial charge in [0.25, 0.3) is 0 Å². The van der Waals surface area contributed by atoms with Crippen LogP contribution in [-0.2, 0) is 0 Å². The second-order valence-electron chi connectivity index (χ2n) is 9.30. The molecule has 184 valence electrons. The quantitative estimate of drug-likeness (QED) is 0.310. The highest BCUT2D eigenvalue weighted by molar-refractivity contribution is 9.10. The van der Waals surface area contributed by atoms with Gasteiger partial charge < -0.3 is 0 Å². The Balaban J connectivity index is 1.39. The van der Waals surface area contributed by atoms with Crippen LogP contribution in [0.3, 0.4) is 0 Å². The largest absolute Gasteiger partial charge is 0.297 e. The summed E-state index contributed by atoms with van der Waals surface area (Å²) in [6.07, 6.45) is 4.47. The van der Waals surface area contributed by atoms with Crippen molar-refractivity contribution in [1.29, 1.82) is 0 Å². The fourth-order valence-electron chi connectivity index (χ4n) is 4.97. The smallest absolute Gasteiger partial charge is 0.178 e. The highest BCUT2D eigenvalue weighted by Crippen LogP contribution is 2.32. The van der Waals surface area contributed by atoms with E-state index in [1.54, 1.807) is 0 Å². The highest BCUT2D eigenvalue weighted by Gasteiger charge is 2.31. The number of hydrogen-bond donors (Lipinski definition) is 0. The monoisotopic (exact) mass is 542 g/mol. The number of tetrazole rings is 1. The van der Waals surface area contributed by atoms with Crippen LogP contribution in [0.2, 0.25) is 0 Å². The summed E-state index contributed by atoms with van der Waals surface area (Å²) in [7, 11) is 0. The molecule has 5 rings (SSSR count). The summed E-state index contributed by atoms with van der Waals surface area (Å²) in [6, 6.07) is 25.2. The number of benzene rings is 3. The first-order valence-corrected chi connectivity index (χ1v) is 13.2. The van der Waals surface area contributed by atoms with Crippen LogP contribution in [0.25, 0.3) is 11.8 Å². The summed E-state index contributed by atoms with van der Waals surface area (Å²) in [6.45, 7) is 9.05. The minimum atomic E-state index is -0.0430. The number of para-hydroxylation sites is 1. The molecule has 0 amide bonds. The van der Waals surface area contributed by atoms with Crippen molar-refractivity contribution in [3.8, 4) is 5.69 Å². The Hall–Kier alpha value is -3.13. The Morgan fingerprint density at radius 2 is 1.61 bits per heavy atom. The number of aryl methyl sites for hydroxylation is 2. The van der Waals surface area contributed by atoms with Crippen molar-refractivity contribution in [3.63, 3.8) is 0 Å². The SMILES string of the molecule is Cc1cccc(C)c1-n1nnnc1[C@@H](c1cccc(Br)c1)N1CCN(C/C=C/c2ccccc2)CC1. The van der Waals surface area contributed by atoms with Gasteiger partial charge in [0, 0.05) is 37.2 Å². The van der Waals surface area contributed by atoms with Crippen LogP contribution in [0.5, 0.6) is 0 Å². The summed E-state index contributed by atoms with van der Waals surface area (Å²) in [5, 5.41) is 13.2. The first-order chi connectivity index (χ1) is 17.6. The zero-order chi connectivity index (χ0) is 24.9. The van der Waals surface area contributed by atoms with Gasteiger partial charge in [0.2, 0.25) is 0 Å². The third kappa shape index (κ3) is 5.48. The molecule has 1 aliphatic heterocycles. The van der Waals surface area contributed by atoms with Crippen LogP contribution < -0.4 is 0 Å². The molecular formula is C29H31BrN6. The molecule has 0 aliphatic carbocycles. The maximum Gasteiger partial charge on any atom is 0.178 e. The molecule has 1 saturated heterocycles. The van der Waals surface area contributed by atoms with E-state index in [0.29, 0.717) is 0 Å². The minimum Gasteiger partial charge on any atom is -0.297 e. The topological polar surface area (TPSA) is 50.1 Å². The second-order valence-corrected chi connectivity index (χ2v) is 10.2. The lowest BCUT2D eigenvalue weighted by Crippen LogP contribution is -2.48. The van der Waals surface area contributed by atoms with Gasteiger partial charge in [-0.2, -0.15) is 4.68 Å². The first kappa shape index (κ1) is 24.6. The Kier molecular flexibility index (Phi) is 7.70. The van der Waals surface area contributed by atoms with Gasteiger partial charge in [0.15, 0.2) is 5.82 Å². The number of halogens is 1. The molecule has 4 aromatic rings. The molecule has 0 saturated carbocycles. The van der Waals surface area contributed by atoms with Gasteiger partial charge in [0.05, 0.1) is 11.7 Å². The zero-order valence-electron chi connectivity index (χ0n) is 20.8. The lowest BCUT2D eigenvalue weighted by molar-refractivity contribution is 0.113. The fourth-order valence-corrected chi connectivity index (χ4v) is 5.39. The van der Waals surface area contributed by atoms with Crippen molar-refractivity contribution in [2.75, 3.05) is 32.7 Å². The van der Waals surface area contributed by atoms with E-state index < -0.39 is 0 Å². The average Bonchev–Trinajstić information content (AvgIpc) is 3.34. The Morgan fingerprint density at radius 1 is 0.889 bits per heavy atom. The molecule has 36 heavy (non-hydrogen) atoms. The van der Waals surface area contributed by atoms with Crippen LogP contribution >= 0.6 is 15.9 Å². The molecule has 3 aromatic carbocycles. The molecule has 2 heterocycles. The molecule has 0 bridgehead atoms. The first-order valence-electron chi connectivity index (χ1n) is 12.4. The van der Waals surface area contributed by atoms with E-state index >= 15 is 0 Å². The zero-order valence-corrected chi connectivity index (χ0v) is 22.3. The average molecular weight is 544 g/mol. The van der Waals surface area contributed by atoms with E-state index in [4.69, 9.17) is 0 Å². The van der Waals surface area contributed by atoms with Crippen LogP contribution in [0.4, 0.5) is 0 Å². The molecule has 7 heteroatoms. The van der Waals surface area contributed by atoms with E-state index in [-0.39, 0.29) is 6.04 Å². The molecule has 1 aliphatic rings. The molecule has 6 nitrogen and oxygen atoms in total. The predicted molar refractivity (Wildman–Crippen MR) is 148 cm³/mol. The maximum absolute atomic E-state index is 4.58. The lowest BCUT2D eigenvalue weighted by atomic mass is 10.0. The van der Waals surface area contributed by atoms with Crippen LogP contribution in [0.1, 0.15) is 34.1 Å². The van der Waals surface area contributed by atoms with Gasteiger partial charge in [-0.25, -0.2) is 0 Å². The minimum absolute atomic E-state index is 0.0430. The highest BCUT2D eigenvalue weighted by atomic mass is 79.9. The summed E-state index contributed by atoms with van der Waals surface area (Å²) in [5.74, 6) is 0.850. The molecule has 0 spiro atoms. The number of rotatable bonds is 7. The number of hydrogen-bond acceptors (Lipinski definition) is 5. The molecule has 1 fully saturated rings. The van der Waals surface area contributed by atoms with E-state index in [1.807, 2.05) is 4.68 Å². The van der Waals surface area contributed by atoms with Gasteiger partial charge in [-0.3, -0.25) is 9.80 Å². The number of piperazine rings is 1. The molecule has 1 atom stereocenters. The number of aromatic nitrogens is 4. The van der Waals surface area contributed by atoms with Crippen LogP contribution in [-0.4, -0.2) is 62.7 Å². The fraction of sp³-hybridized carbons (Fsp3) is 0.276. The molecule has 0 radical (unpaired) electrons. The molecule has 1 aromatic heterocycles. The van der Waals surface area contributed by atoms with E-state index in [9.17, 15) is 0 Å². The Bertz CT molecular complexity index is 1300. The van der Waals surface area contributed by atoms with Gasteiger partial charge in [-0.05, 0) is 58.7 Å². The van der Waals surface area contributed by atoms with Crippen molar-refractivity contribution < 1.29 is 0 Å². The summed E-state index contributed by atoms with van der Waals surface area (Å²) in [4.78, 5) is 5.01. The summed E-state index contributed by atoms with van der Waals surface area (Å²) >= 11 is 3.67. The van der Waals surface area contributed by atoms with Crippen molar-refractivity contribution in [2.24, 2.45) is 0 Å². The van der Waals surface area contributed by atoms with Crippen LogP contribution in [0.15, 0.2) is 83.3 Å². The second kappa shape index (κ2) is 11.3. The van der Waals surface area contributed by atoms with Crippen molar-refractivity contribution in [1.82, 2.24) is 30.0 Å². The third-order valence-electron chi connectivity index (χ3n) is 6.80. The Morgan fingerprint density at radius 3 is 2.33 bits per heavy atom. The van der Waals surface area contributed by atoms with Gasteiger partial charge >= 0.3 is 0 Å². The molecular weight excluding hydrogens is 512 g/mol. The summed E-state index contributed by atoms with van der Waals surface area (Å²) in [5.41, 5.74) is 5.80. The summed E-state index contributed by atoms with van der Waals surface area (Å²) < 4.78 is 2.99. The third-order valence-corrected chi connectivity index (χ3v) is 7.29. The van der Waals surface area contributed by atoms with Crippen LogP contribution in [0, 0.1) is 13.8 Å². The van der Waals surface area contributed by atoms with Crippen molar-refractivity contribution in [2.45, 2.75) is 19.9 Å². The normalized spacial score (nSPS) is 16.0. The maximum atomic E-state index is 4.58. The van der Waals surface area contributed by atoms with E-state index in [2.05, 4.69) is 140 Å². The standard InChI is InChI=1S/C29H31BrN6/c1-22-9-6-10-23(2)27(22)36-29(31-32-33-36)28(25-14-7-15-26(30)21-25)35-19-17-34(18-20-35)16-8-13-24-11-4-3-5-12-24/h3-15,21,28H,16-20H2,1-2H3/b13-8+/t28-/m1/s1. The Labute approximate surface area is 221 Å². The van der Waals surface area contributed by atoms with Crippen molar-refractivity contribution >= 4 is 22.0 Å². The van der Waals surface area contributed by atoms with Crippen molar-refractivity contribution in [3.05, 3.63) is 111 Å². The van der Waals surface area contributed by atoms with Gasteiger partial charge in [-0.1, -0.05) is 88.7 Å². The number of nitrogens with zero attached hydrogens (tertiary/aromatic N) is 6. The van der Waals surface area contributed by atoms with E-state index in [0.717, 1.165) is 59.8 Å². The van der Waals surface area contributed by atoms with Gasteiger partial charge in [0.1, 0.15) is 0 Å². The lowest BCUT2D eigenvalue weighted by Gasteiger charge is -2.38. The molecule has 0 N–H and O–H groups in total. The predicted octanol–water partition coefficient (Wildman–Crippen LogP) is 5.46. The molecule has 0 unspecified atom stereocenters. The van der Waals surface area contributed by atoms with Gasteiger partial charge in [-0.15, -0.1) is 5.10 Å².